The second-order valence-electron chi connectivity index (χ2n) is 2.70. The van der Waals surface area contributed by atoms with Crippen LogP contribution in [0.2, 0.25) is 0 Å². The van der Waals surface area contributed by atoms with Crippen molar-refractivity contribution in [3.63, 3.8) is 0 Å². The molecule has 0 saturated heterocycles. The third-order valence-corrected chi connectivity index (χ3v) is 1.73. The monoisotopic (exact) mass is 187 g/mol. The molecule has 72 valence electrons. The van der Waals surface area contributed by atoms with Gasteiger partial charge in [0.2, 0.25) is 0 Å². The molecule has 2 N–H and O–H groups in total. The first kappa shape index (κ1) is 10.1. The Balaban J connectivity index is 2.93. The summed E-state index contributed by atoms with van der Waals surface area (Å²) in [5, 5.41) is 0. The summed E-state index contributed by atoms with van der Waals surface area (Å²) in [6.45, 7) is 0.167. The lowest BCUT2D eigenvalue weighted by Crippen LogP contribution is -2.18. The van der Waals surface area contributed by atoms with E-state index in [-0.39, 0.29) is 12.2 Å². The Labute approximate surface area is 75.3 Å². The molecular weight excluding hydrogens is 176 g/mol. The molecule has 0 spiro atoms. The van der Waals surface area contributed by atoms with Crippen LogP contribution < -0.4 is 5.73 Å². The standard InChI is InChI=1S/C9H11F2NO/c1-13-5-8(12)6-3-2-4-7(10)9(6)11/h2-4,8H,5,12H2,1H3. The molecule has 0 aliphatic carbocycles. The molecule has 0 radical (unpaired) electrons. The van der Waals surface area contributed by atoms with Crippen LogP contribution in [0.3, 0.4) is 0 Å². The third kappa shape index (κ3) is 2.23. The van der Waals surface area contributed by atoms with Gasteiger partial charge >= 0.3 is 0 Å². The van der Waals surface area contributed by atoms with Gasteiger partial charge in [0.05, 0.1) is 12.6 Å². The maximum Gasteiger partial charge on any atom is 0.163 e. The second kappa shape index (κ2) is 4.30. The van der Waals surface area contributed by atoms with Gasteiger partial charge in [-0.15, -0.1) is 0 Å². The SMILES string of the molecule is COCC(N)c1cccc(F)c1F. The van der Waals surface area contributed by atoms with E-state index in [0.717, 1.165) is 6.07 Å². The Kier molecular flexibility index (Phi) is 3.33. The first-order valence-corrected chi connectivity index (χ1v) is 3.85. The maximum absolute atomic E-state index is 13.1. The maximum atomic E-state index is 13.1. The number of ether oxygens (including phenoxy) is 1. The van der Waals surface area contributed by atoms with Crippen LogP contribution in [0.1, 0.15) is 11.6 Å². The predicted molar refractivity (Wildman–Crippen MR) is 45.2 cm³/mol. The van der Waals surface area contributed by atoms with Crippen molar-refractivity contribution in [3.05, 3.63) is 35.4 Å². The van der Waals surface area contributed by atoms with Crippen molar-refractivity contribution >= 4 is 0 Å². The van der Waals surface area contributed by atoms with Crippen LogP contribution in [0.5, 0.6) is 0 Å². The van der Waals surface area contributed by atoms with E-state index in [1.807, 2.05) is 0 Å². The number of hydrogen-bond acceptors (Lipinski definition) is 2. The average molecular weight is 187 g/mol. The van der Waals surface area contributed by atoms with Gasteiger partial charge in [0.25, 0.3) is 0 Å². The largest absolute Gasteiger partial charge is 0.383 e. The van der Waals surface area contributed by atoms with Gasteiger partial charge in [0, 0.05) is 12.7 Å². The zero-order valence-electron chi connectivity index (χ0n) is 7.26. The fraction of sp³-hybridized carbons (Fsp3) is 0.333. The van der Waals surface area contributed by atoms with Crippen LogP contribution >= 0.6 is 0 Å². The average Bonchev–Trinajstić information content (AvgIpc) is 2.10. The van der Waals surface area contributed by atoms with E-state index in [4.69, 9.17) is 10.5 Å². The van der Waals surface area contributed by atoms with Crippen molar-refractivity contribution in [2.24, 2.45) is 5.73 Å². The molecule has 1 rings (SSSR count). The van der Waals surface area contributed by atoms with Crippen LogP contribution in [0.4, 0.5) is 8.78 Å². The molecule has 0 aliphatic heterocycles. The normalized spacial score (nSPS) is 12.9. The van der Waals surface area contributed by atoms with Crippen LogP contribution in [0.25, 0.3) is 0 Å². The molecule has 1 unspecified atom stereocenters. The van der Waals surface area contributed by atoms with Gasteiger partial charge in [-0.05, 0) is 6.07 Å². The summed E-state index contributed by atoms with van der Waals surface area (Å²) in [4.78, 5) is 0. The minimum Gasteiger partial charge on any atom is -0.383 e. The Hall–Kier alpha value is -1.00. The van der Waals surface area contributed by atoms with Crippen molar-refractivity contribution in [1.82, 2.24) is 0 Å². The van der Waals surface area contributed by atoms with Gasteiger partial charge in [-0.25, -0.2) is 8.78 Å². The van der Waals surface area contributed by atoms with E-state index in [2.05, 4.69) is 0 Å². The lowest BCUT2D eigenvalue weighted by Gasteiger charge is -2.11. The predicted octanol–water partition coefficient (Wildman–Crippen LogP) is 1.61. The Bertz CT molecular complexity index is 291. The molecule has 1 aromatic rings. The molecule has 4 heteroatoms. The molecule has 0 fully saturated rings. The molecule has 0 aromatic heterocycles. The van der Waals surface area contributed by atoms with Gasteiger partial charge in [0.1, 0.15) is 0 Å². The van der Waals surface area contributed by atoms with Gasteiger partial charge < -0.3 is 10.5 Å². The Morgan fingerprint density at radius 1 is 1.46 bits per heavy atom. The van der Waals surface area contributed by atoms with E-state index in [1.165, 1.54) is 19.2 Å². The molecule has 1 atom stereocenters. The third-order valence-electron chi connectivity index (χ3n) is 1.73. The quantitative estimate of drug-likeness (QED) is 0.780. The fourth-order valence-electron chi connectivity index (χ4n) is 1.08. The highest BCUT2D eigenvalue weighted by molar-refractivity contribution is 5.22. The van der Waals surface area contributed by atoms with Crippen molar-refractivity contribution in [1.29, 1.82) is 0 Å². The zero-order chi connectivity index (χ0) is 9.84. The van der Waals surface area contributed by atoms with E-state index in [9.17, 15) is 8.78 Å². The van der Waals surface area contributed by atoms with Crippen molar-refractivity contribution < 1.29 is 13.5 Å². The van der Waals surface area contributed by atoms with Crippen molar-refractivity contribution in [2.45, 2.75) is 6.04 Å². The minimum absolute atomic E-state index is 0.141. The number of benzene rings is 1. The molecular formula is C9H11F2NO. The molecule has 0 amide bonds. The fourth-order valence-corrected chi connectivity index (χ4v) is 1.08. The number of nitrogens with two attached hydrogens (primary N) is 1. The Morgan fingerprint density at radius 2 is 2.15 bits per heavy atom. The van der Waals surface area contributed by atoms with Crippen molar-refractivity contribution in [2.75, 3.05) is 13.7 Å². The lowest BCUT2D eigenvalue weighted by molar-refractivity contribution is 0.179. The topological polar surface area (TPSA) is 35.2 Å². The molecule has 13 heavy (non-hydrogen) atoms. The van der Waals surface area contributed by atoms with Gasteiger partial charge in [0.15, 0.2) is 11.6 Å². The number of methoxy groups -OCH3 is 1. The van der Waals surface area contributed by atoms with Gasteiger partial charge in [-0.3, -0.25) is 0 Å². The van der Waals surface area contributed by atoms with Gasteiger partial charge in [-0.2, -0.15) is 0 Å². The number of halogens is 2. The second-order valence-corrected chi connectivity index (χ2v) is 2.70. The summed E-state index contributed by atoms with van der Waals surface area (Å²) >= 11 is 0. The van der Waals surface area contributed by atoms with E-state index in [1.54, 1.807) is 0 Å². The molecule has 0 bridgehead atoms. The van der Waals surface area contributed by atoms with E-state index < -0.39 is 17.7 Å². The van der Waals surface area contributed by atoms with Crippen LogP contribution in [0, 0.1) is 11.6 Å². The van der Waals surface area contributed by atoms with Crippen LogP contribution in [0.15, 0.2) is 18.2 Å². The summed E-state index contributed by atoms with van der Waals surface area (Å²) in [5.74, 6) is -1.78. The molecule has 2 nitrogen and oxygen atoms in total. The minimum atomic E-state index is -0.896. The van der Waals surface area contributed by atoms with E-state index >= 15 is 0 Å². The molecule has 0 saturated carbocycles. The first-order valence-electron chi connectivity index (χ1n) is 3.85. The summed E-state index contributed by atoms with van der Waals surface area (Å²) in [6.07, 6.45) is 0. The highest BCUT2D eigenvalue weighted by Crippen LogP contribution is 2.17. The first-order chi connectivity index (χ1) is 6.16. The van der Waals surface area contributed by atoms with Crippen LogP contribution in [-0.2, 0) is 4.74 Å². The summed E-state index contributed by atoms with van der Waals surface area (Å²) < 4.78 is 30.5. The molecule has 0 heterocycles. The van der Waals surface area contributed by atoms with E-state index in [0.29, 0.717) is 0 Å². The van der Waals surface area contributed by atoms with Crippen molar-refractivity contribution in [3.8, 4) is 0 Å². The number of rotatable bonds is 3. The van der Waals surface area contributed by atoms with Crippen LogP contribution in [-0.4, -0.2) is 13.7 Å². The Morgan fingerprint density at radius 3 is 2.77 bits per heavy atom. The lowest BCUT2D eigenvalue weighted by atomic mass is 10.1. The number of hydrogen-bond donors (Lipinski definition) is 1. The smallest absolute Gasteiger partial charge is 0.163 e. The van der Waals surface area contributed by atoms with Gasteiger partial charge in [-0.1, -0.05) is 12.1 Å². The highest BCUT2D eigenvalue weighted by Gasteiger charge is 2.13. The highest BCUT2D eigenvalue weighted by atomic mass is 19.2. The molecule has 1 aromatic carbocycles. The summed E-state index contributed by atoms with van der Waals surface area (Å²) in [7, 11) is 1.46. The summed E-state index contributed by atoms with van der Waals surface area (Å²) in [5.41, 5.74) is 5.68. The summed E-state index contributed by atoms with van der Waals surface area (Å²) in [6, 6.07) is 3.30. The zero-order valence-corrected chi connectivity index (χ0v) is 7.26. The molecule has 0 aliphatic rings.